The average molecular weight is 236 g/mol. The number of rotatable bonds is 5. The minimum Gasteiger partial charge on any atom is -0.478 e. The van der Waals surface area contributed by atoms with E-state index in [1.165, 1.54) is 12.8 Å². The molecule has 0 aromatic carbocycles. The van der Waals surface area contributed by atoms with Crippen LogP contribution in [0.1, 0.15) is 26.2 Å². The summed E-state index contributed by atoms with van der Waals surface area (Å²) < 4.78 is 5.35. The van der Waals surface area contributed by atoms with Crippen LogP contribution in [-0.4, -0.2) is 29.2 Å². The second-order valence-electron chi connectivity index (χ2n) is 4.33. The first-order chi connectivity index (χ1) is 8.33. The maximum Gasteiger partial charge on any atom is 0.226 e. The Bertz CT molecular complexity index is 358. The van der Waals surface area contributed by atoms with Crippen LogP contribution in [0.15, 0.2) is 12.3 Å². The van der Waals surface area contributed by atoms with Gasteiger partial charge in [-0.05, 0) is 32.2 Å². The summed E-state index contributed by atoms with van der Waals surface area (Å²) in [5, 5.41) is 3.36. The van der Waals surface area contributed by atoms with Crippen molar-refractivity contribution in [3.05, 3.63) is 12.3 Å². The molecule has 0 saturated heterocycles. The van der Waals surface area contributed by atoms with Crippen molar-refractivity contribution >= 4 is 5.95 Å². The molecule has 1 heterocycles. The van der Waals surface area contributed by atoms with E-state index in [1.54, 1.807) is 12.3 Å². The normalized spacial score (nSPS) is 23.6. The summed E-state index contributed by atoms with van der Waals surface area (Å²) in [6.45, 7) is 3.28. The third-order valence-electron chi connectivity index (χ3n) is 3.20. The van der Waals surface area contributed by atoms with Gasteiger partial charge < -0.3 is 15.8 Å². The quantitative estimate of drug-likeness (QED) is 0.808. The van der Waals surface area contributed by atoms with E-state index < -0.39 is 0 Å². The van der Waals surface area contributed by atoms with Gasteiger partial charge in [-0.15, -0.1) is 0 Å². The van der Waals surface area contributed by atoms with Crippen molar-refractivity contribution in [2.24, 2.45) is 11.7 Å². The van der Waals surface area contributed by atoms with E-state index >= 15 is 0 Å². The maximum absolute atomic E-state index is 5.75. The Morgan fingerprint density at radius 1 is 1.53 bits per heavy atom. The SMILES string of the molecule is CCOc1ccnc(NC2CCCC2CN)n1. The van der Waals surface area contributed by atoms with Crippen molar-refractivity contribution in [2.45, 2.75) is 32.2 Å². The maximum atomic E-state index is 5.75. The Balaban J connectivity index is 2.00. The zero-order valence-electron chi connectivity index (χ0n) is 10.2. The van der Waals surface area contributed by atoms with Crippen LogP contribution in [0, 0.1) is 5.92 Å². The lowest BCUT2D eigenvalue weighted by Crippen LogP contribution is -2.30. The summed E-state index contributed by atoms with van der Waals surface area (Å²) in [6, 6.07) is 2.17. The summed E-state index contributed by atoms with van der Waals surface area (Å²) in [5.41, 5.74) is 5.75. The number of ether oxygens (including phenoxy) is 1. The standard InChI is InChI=1S/C12H20N4O/c1-2-17-11-6-7-14-12(16-11)15-10-5-3-4-9(10)8-13/h6-7,9-10H,2-5,8,13H2,1H3,(H,14,15,16). The summed E-state index contributed by atoms with van der Waals surface area (Å²) in [5.74, 6) is 1.79. The largest absolute Gasteiger partial charge is 0.478 e. The molecule has 5 heteroatoms. The molecule has 1 aromatic heterocycles. The highest BCUT2D eigenvalue weighted by molar-refractivity contribution is 5.29. The van der Waals surface area contributed by atoms with Gasteiger partial charge in [-0.25, -0.2) is 4.98 Å². The predicted octanol–water partition coefficient (Wildman–Crippen LogP) is 1.41. The zero-order chi connectivity index (χ0) is 12.1. The topological polar surface area (TPSA) is 73.1 Å². The number of nitrogens with one attached hydrogen (secondary N) is 1. The molecule has 0 aliphatic heterocycles. The molecule has 0 spiro atoms. The molecule has 0 radical (unpaired) electrons. The lowest BCUT2D eigenvalue weighted by Gasteiger charge is -2.19. The number of anilines is 1. The lowest BCUT2D eigenvalue weighted by atomic mass is 10.0. The molecule has 2 unspecified atom stereocenters. The van der Waals surface area contributed by atoms with Gasteiger partial charge in [0.05, 0.1) is 6.61 Å². The van der Waals surface area contributed by atoms with Crippen LogP contribution < -0.4 is 15.8 Å². The summed E-state index contributed by atoms with van der Waals surface area (Å²) in [7, 11) is 0. The second kappa shape index (κ2) is 5.82. The van der Waals surface area contributed by atoms with Gasteiger partial charge in [-0.3, -0.25) is 0 Å². The van der Waals surface area contributed by atoms with E-state index in [1.807, 2.05) is 6.92 Å². The first-order valence-electron chi connectivity index (χ1n) is 6.26. The Kier molecular flexibility index (Phi) is 4.14. The number of nitrogens with two attached hydrogens (primary N) is 1. The summed E-state index contributed by atoms with van der Waals surface area (Å²) >= 11 is 0. The molecule has 1 aromatic rings. The highest BCUT2D eigenvalue weighted by Crippen LogP contribution is 2.27. The van der Waals surface area contributed by atoms with Crippen LogP contribution >= 0.6 is 0 Å². The van der Waals surface area contributed by atoms with Crippen LogP contribution in [0.4, 0.5) is 5.95 Å². The highest BCUT2D eigenvalue weighted by Gasteiger charge is 2.26. The second-order valence-corrected chi connectivity index (χ2v) is 4.33. The van der Waals surface area contributed by atoms with Crippen molar-refractivity contribution in [3.8, 4) is 5.88 Å². The molecule has 94 valence electrons. The van der Waals surface area contributed by atoms with Crippen molar-refractivity contribution in [2.75, 3.05) is 18.5 Å². The Morgan fingerprint density at radius 3 is 3.18 bits per heavy atom. The molecular formula is C12H20N4O. The number of nitrogens with zero attached hydrogens (tertiary/aromatic N) is 2. The smallest absolute Gasteiger partial charge is 0.226 e. The molecule has 0 bridgehead atoms. The van der Waals surface area contributed by atoms with E-state index in [0.29, 0.717) is 30.4 Å². The molecule has 17 heavy (non-hydrogen) atoms. The number of hydrogen-bond acceptors (Lipinski definition) is 5. The van der Waals surface area contributed by atoms with Crippen molar-refractivity contribution < 1.29 is 4.74 Å². The van der Waals surface area contributed by atoms with Gasteiger partial charge in [0.15, 0.2) is 0 Å². The monoisotopic (exact) mass is 236 g/mol. The van der Waals surface area contributed by atoms with Crippen molar-refractivity contribution in [1.29, 1.82) is 0 Å². The number of aromatic nitrogens is 2. The van der Waals surface area contributed by atoms with Crippen LogP contribution in [0.25, 0.3) is 0 Å². The molecule has 3 N–H and O–H groups in total. The third kappa shape index (κ3) is 3.06. The van der Waals surface area contributed by atoms with Gasteiger partial charge in [0.2, 0.25) is 11.8 Å². The fraction of sp³-hybridized carbons (Fsp3) is 0.667. The van der Waals surface area contributed by atoms with E-state index in [0.717, 1.165) is 13.0 Å². The zero-order valence-corrected chi connectivity index (χ0v) is 10.2. The molecule has 0 amide bonds. The fourth-order valence-corrected chi connectivity index (χ4v) is 2.31. The van der Waals surface area contributed by atoms with Crippen LogP contribution in [-0.2, 0) is 0 Å². The molecule has 2 atom stereocenters. The molecule has 1 saturated carbocycles. The van der Waals surface area contributed by atoms with Gasteiger partial charge in [0.1, 0.15) is 0 Å². The molecule has 1 aliphatic rings. The van der Waals surface area contributed by atoms with Gasteiger partial charge in [-0.2, -0.15) is 4.98 Å². The van der Waals surface area contributed by atoms with E-state index in [2.05, 4.69) is 15.3 Å². The lowest BCUT2D eigenvalue weighted by molar-refractivity contribution is 0.326. The van der Waals surface area contributed by atoms with E-state index in [4.69, 9.17) is 10.5 Å². The predicted molar refractivity (Wildman–Crippen MR) is 67.0 cm³/mol. The Morgan fingerprint density at radius 2 is 2.41 bits per heavy atom. The van der Waals surface area contributed by atoms with Crippen LogP contribution in [0.5, 0.6) is 5.88 Å². The van der Waals surface area contributed by atoms with Gasteiger partial charge in [-0.1, -0.05) is 6.42 Å². The Labute approximate surface area is 102 Å². The van der Waals surface area contributed by atoms with Crippen LogP contribution in [0.2, 0.25) is 0 Å². The first kappa shape index (κ1) is 12.1. The minimum atomic E-state index is 0.400. The third-order valence-corrected chi connectivity index (χ3v) is 3.20. The molecule has 5 nitrogen and oxygen atoms in total. The minimum absolute atomic E-state index is 0.400. The molecule has 2 rings (SSSR count). The highest BCUT2D eigenvalue weighted by atomic mass is 16.5. The van der Waals surface area contributed by atoms with Gasteiger partial charge in [0.25, 0.3) is 0 Å². The van der Waals surface area contributed by atoms with Gasteiger partial charge >= 0.3 is 0 Å². The van der Waals surface area contributed by atoms with Crippen molar-refractivity contribution in [1.82, 2.24) is 9.97 Å². The summed E-state index contributed by atoms with van der Waals surface area (Å²) in [6.07, 6.45) is 5.28. The summed E-state index contributed by atoms with van der Waals surface area (Å²) in [4.78, 5) is 8.52. The number of hydrogen-bond donors (Lipinski definition) is 2. The van der Waals surface area contributed by atoms with Gasteiger partial charge in [0, 0.05) is 18.3 Å². The van der Waals surface area contributed by atoms with Crippen molar-refractivity contribution in [3.63, 3.8) is 0 Å². The molecular weight excluding hydrogens is 216 g/mol. The average Bonchev–Trinajstić information content (AvgIpc) is 2.77. The fourth-order valence-electron chi connectivity index (χ4n) is 2.31. The van der Waals surface area contributed by atoms with E-state index in [-0.39, 0.29) is 0 Å². The Hall–Kier alpha value is -1.36. The first-order valence-corrected chi connectivity index (χ1v) is 6.26. The van der Waals surface area contributed by atoms with Crippen LogP contribution in [0.3, 0.4) is 0 Å². The van der Waals surface area contributed by atoms with E-state index in [9.17, 15) is 0 Å². The molecule has 1 fully saturated rings. The molecule has 1 aliphatic carbocycles.